The second-order valence-corrected chi connectivity index (χ2v) is 36.7. The van der Waals surface area contributed by atoms with Gasteiger partial charge in [-0.1, -0.05) is 78.6 Å². The molecule has 21 heavy (non-hydrogen) atoms. The van der Waals surface area contributed by atoms with Crippen LogP contribution in [-0.2, 0) is 0 Å². The molecule has 7 heteroatoms. The van der Waals surface area contributed by atoms with Gasteiger partial charge in [0.25, 0.3) is 0 Å². The van der Waals surface area contributed by atoms with Crippen LogP contribution >= 0.6 is 0 Å². The van der Waals surface area contributed by atoms with Crippen molar-refractivity contribution in [1.29, 1.82) is 0 Å². The van der Waals surface area contributed by atoms with Gasteiger partial charge < -0.3 is 9.52 Å². The van der Waals surface area contributed by atoms with Crippen molar-refractivity contribution in [3.8, 4) is 0 Å². The van der Waals surface area contributed by atoms with Crippen LogP contribution in [0.15, 0.2) is 0 Å². The second-order valence-electron chi connectivity index (χ2n) is 10.5. The van der Waals surface area contributed by atoms with Crippen LogP contribution in [0.5, 0.6) is 0 Å². The summed E-state index contributed by atoms with van der Waals surface area (Å²) in [5, 5.41) is 0. The molecule has 0 aromatic carbocycles. The largest absolute Gasteiger partial charge is 1.00 e. The Morgan fingerprint density at radius 3 is 0.667 bits per heavy atom. The summed E-state index contributed by atoms with van der Waals surface area (Å²) in [6.07, 6.45) is 0. The van der Waals surface area contributed by atoms with Gasteiger partial charge in [0.1, 0.15) is 0 Å². The Morgan fingerprint density at radius 2 is 0.571 bits per heavy atom. The Labute approximate surface area is 166 Å². The summed E-state index contributed by atoms with van der Waals surface area (Å²) in [6, 6.07) is 0. The molecule has 0 amide bonds. The average Bonchev–Trinajstić information content (AvgIpc) is 1.91. The third-order valence-corrected chi connectivity index (χ3v) is 34.2. The Hall–Kier alpha value is 2.28. The summed E-state index contributed by atoms with van der Waals surface area (Å²) in [4.78, 5) is 2.23. The second kappa shape index (κ2) is 9.11. The molecule has 0 aliphatic heterocycles. The molecule has 0 saturated heterocycles. The summed E-state index contributed by atoms with van der Waals surface area (Å²) in [5.41, 5.74) is 0. The van der Waals surface area contributed by atoms with E-state index in [0.29, 0.717) is 0 Å². The first-order valence-corrected chi connectivity index (χ1v) is 23.2. The van der Waals surface area contributed by atoms with E-state index in [1.54, 1.807) is 0 Å². The molecule has 0 nitrogen and oxygen atoms in total. The minimum atomic E-state index is -1.02. The van der Waals surface area contributed by atoms with Gasteiger partial charge >= 0.3 is 37.7 Å². The first-order valence-electron chi connectivity index (χ1n) is 7.73. The van der Waals surface area contributed by atoms with Crippen LogP contribution in [0, 0.1) is 0 Å². The maximum Gasteiger partial charge on any atom is 1.00 e. The minimum absolute atomic E-state index is 0. The predicted octanol–water partition coefficient (Wildman–Crippen LogP) is -0.215. The first-order chi connectivity index (χ1) is 7.97. The summed E-state index contributed by atoms with van der Waals surface area (Å²) >= 11 is 0. The van der Waals surface area contributed by atoms with Gasteiger partial charge in [0, 0.05) is 32.3 Å². The van der Waals surface area contributed by atoms with Crippen LogP contribution in [0.1, 0.15) is 0 Å². The van der Waals surface area contributed by atoms with E-state index in [0.717, 1.165) is 9.58 Å². The van der Waals surface area contributed by atoms with Crippen molar-refractivity contribution in [2.45, 2.75) is 88.1 Å². The summed E-state index contributed by atoms with van der Waals surface area (Å²) in [6.45, 7) is 31.4. The molecule has 115 valence electrons. The van der Waals surface area contributed by atoms with Crippen molar-refractivity contribution in [3.05, 3.63) is 0 Å². The molecule has 1 radical (unpaired) electrons. The summed E-state index contributed by atoms with van der Waals surface area (Å²) in [7, 11) is -2.83. The van der Waals surface area contributed by atoms with Crippen molar-refractivity contribution in [2.24, 2.45) is 0 Å². The molecule has 0 N–H and O–H groups in total. The maximum absolute atomic E-state index is 2.62. The summed E-state index contributed by atoms with van der Waals surface area (Å²) in [5.74, 6) is 0. The van der Waals surface area contributed by atoms with E-state index in [1.165, 1.54) is 9.52 Å². The molecule has 0 aliphatic rings. The van der Waals surface area contributed by atoms with Crippen LogP contribution in [0.3, 0.4) is 0 Å². The zero-order valence-electron chi connectivity index (χ0n) is 17.7. The molecule has 0 atom stereocenters. The Bertz CT molecular complexity index is 236. The van der Waals surface area contributed by atoms with Crippen molar-refractivity contribution < 1.29 is 37.7 Å². The fourth-order valence-electron chi connectivity index (χ4n) is 3.76. The van der Waals surface area contributed by atoms with Crippen LogP contribution < -0.4 is 37.7 Å². The normalized spacial score (nSPS) is 14.0. The number of hydrogen-bond acceptors (Lipinski definition) is 0. The van der Waals surface area contributed by atoms with Crippen molar-refractivity contribution in [1.82, 2.24) is 0 Å². The molecule has 0 aromatic rings. The number of rotatable bonds is 6. The molecular formula is C14H38Li2Si5+. The molecule has 0 spiro atoms. The monoisotopic (exact) mass is 360 g/mol. The SMILES string of the molecule is C[Si](C)(C)C([Si-]C([Si](C)(C)C)[Si](C)(C)C)[Si](C)(C)C.[Li+].[Li+]. The molecule has 0 aromatic heterocycles. The van der Waals surface area contributed by atoms with Crippen LogP contribution in [-0.4, -0.2) is 41.8 Å². The van der Waals surface area contributed by atoms with Gasteiger partial charge in [-0.2, -0.15) is 0 Å². The Balaban J connectivity index is -0.00000162. The van der Waals surface area contributed by atoms with Gasteiger partial charge in [0.2, 0.25) is 0 Å². The van der Waals surface area contributed by atoms with Crippen molar-refractivity contribution >= 4 is 41.8 Å². The van der Waals surface area contributed by atoms with Crippen molar-refractivity contribution in [2.75, 3.05) is 0 Å². The molecular weight excluding hydrogens is 322 g/mol. The molecule has 0 bridgehead atoms. The Morgan fingerprint density at radius 1 is 0.429 bits per heavy atom. The molecule has 0 saturated carbocycles. The first kappa shape index (κ1) is 28.1. The average molecular weight is 361 g/mol. The summed E-state index contributed by atoms with van der Waals surface area (Å²) < 4.78 is 0. The zero-order chi connectivity index (χ0) is 15.9. The smallest absolute Gasteiger partial charge is 0.435 e. The fraction of sp³-hybridized carbons (Fsp3) is 1.00. The topological polar surface area (TPSA) is 0 Å². The standard InChI is InChI=1S/C14H38Si5.2Li/c1-16(2,3)13(17(4,5)6)15-14(18(7,8)9)19(10,11)12;;/h13-14H,1-12H3;;/q-1;2*+1. The molecule has 0 aliphatic carbocycles. The third kappa shape index (κ3) is 9.99. The third-order valence-electron chi connectivity index (χ3n) is 3.80. The van der Waals surface area contributed by atoms with Crippen LogP contribution in [0.25, 0.3) is 0 Å². The molecule has 0 unspecified atom stereocenters. The van der Waals surface area contributed by atoms with Gasteiger partial charge in [0.15, 0.2) is 0 Å². The van der Waals surface area contributed by atoms with Crippen molar-refractivity contribution in [3.63, 3.8) is 0 Å². The molecule has 0 fully saturated rings. The van der Waals surface area contributed by atoms with Gasteiger partial charge in [-0.25, -0.2) is 9.58 Å². The van der Waals surface area contributed by atoms with E-state index >= 15 is 0 Å². The molecule has 0 rings (SSSR count). The van der Waals surface area contributed by atoms with Crippen LogP contribution in [0.2, 0.25) is 88.1 Å². The van der Waals surface area contributed by atoms with Crippen LogP contribution in [0.4, 0.5) is 0 Å². The quantitative estimate of drug-likeness (QED) is 0.575. The van der Waals surface area contributed by atoms with Gasteiger partial charge in [-0.05, 0) is 0 Å². The van der Waals surface area contributed by atoms with E-state index in [9.17, 15) is 0 Å². The molecule has 0 heterocycles. The fourth-order valence-corrected chi connectivity index (χ4v) is 36.9. The van der Waals surface area contributed by atoms with E-state index in [-0.39, 0.29) is 37.7 Å². The van der Waals surface area contributed by atoms with Gasteiger partial charge in [-0.15, -0.1) is 0 Å². The van der Waals surface area contributed by atoms with Gasteiger partial charge in [-0.3, -0.25) is 0 Å². The number of hydrogen-bond donors (Lipinski definition) is 0. The van der Waals surface area contributed by atoms with E-state index in [1.807, 2.05) is 0 Å². The predicted molar refractivity (Wildman–Crippen MR) is 107 cm³/mol. The minimum Gasteiger partial charge on any atom is -0.435 e. The van der Waals surface area contributed by atoms with E-state index in [2.05, 4.69) is 78.6 Å². The Kier molecular flexibility index (Phi) is 12.2. The zero-order valence-corrected chi connectivity index (χ0v) is 22.7. The maximum atomic E-state index is 2.62. The van der Waals surface area contributed by atoms with E-state index < -0.39 is 32.3 Å². The van der Waals surface area contributed by atoms with E-state index in [4.69, 9.17) is 0 Å². The van der Waals surface area contributed by atoms with Gasteiger partial charge in [0.05, 0.1) is 0 Å².